The van der Waals surface area contributed by atoms with Gasteiger partial charge in [-0.2, -0.15) is 0 Å². The van der Waals surface area contributed by atoms with Gasteiger partial charge in [0.05, 0.1) is 0 Å². The molecule has 0 bridgehead atoms. The molecule has 1 rings (SSSR count). The predicted molar refractivity (Wildman–Crippen MR) is 43.4 cm³/mol. The molecule has 1 atom stereocenters. The Morgan fingerprint density at radius 3 is 3.00 bits per heavy atom. The molecule has 0 aliphatic heterocycles. The largest absolute Gasteiger partial charge is 0.461 e. The van der Waals surface area contributed by atoms with Crippen LogP contribution in [0.5, 0.6) is 0 Å². The predicted octanol–water partition coefficient (Wildman–Crippen LogP) is 0.418. The Bertz CT molecular complexity index is 234. The first-order chi connectivity index (χ1) is 5.77. The van der Waals surface area contributed by atoms with Crippen molar-refractivity contribution in [2.45, 2.75) is 12.7 Å². The lowest BCUT2D eigenvalue weighted by molar-refractivity contribution is 0.136. The molecule has 4 nitrogen and oxygen atoms in total. The number of aliphatic hydroxyl groups is 1. The van der Waals surface area contributed by atoms with E-state index < -0.39 is 6.10 Å². The van der Waals surface area contributed by atoms with Gasteiger partial charge in [0, 0.05) is 13.7 Å². The van der Waals surface area contributed by atoms with Crippen LogP contribution in [0.15, 0.2) is 16.5 Å². The highest BCUT2D eigenvalue weighted by molar-refractivity contribution is 5.08. The topological polar surface area (TPSA) is 68.6 Å². The van der Waals surface area contributed by atoms with Crippen molar-refractivity contribution >= 4 is 0 Å². The molecule has 3 N–H and O–H groups in total. The van der Waals surface area contributed by atoms with Crippen molar-refractivity contribution in [3.63, 3.8) is 0 Å². The van der Waals surface area contributed by atoms with Gasteiger partial charge in [0.25, 0.3) is 0 Å². The van der Waals surface area contributed by atoms with Crippen LogP contribution in [0, 0.1) is 0 Å². The second kappa shape index (κ2) is 4.25. The molecular formula is C8H13NO3. The third-order valence-corrected chi connectivity index (χ3v) is 1.52. The van der Waals surface area contributed by atoms with Crippen LogP contribution >= 0.6 is 0 Å². The van der Waals surface area contributed by atoms with E-state index in [0.29, 0.717) is 18.1 Å². The summed E-state index contributed by atoms with van der Waals surface area (Å²) in [5.41, 5.74) is 5.25. The maximum atomic E-state index is 9.25. The van der Waals surface area contributed by atoms with Crippen LogP contribution in [-0.2, 0) is 11.3 Å². The van der Waals surface area contributed by atoms with Gasteiger partial charge in [-0.25, -0.2) is 0 Å². The van der Waals surface area contributed by atoms with Crippen molar-refractivity contribution in [3.05, 3.63) is 23.7 Å². The van der Waals surface area contributed by atoms with Gasteiger partial charge in [-0.15, -0.1) is 0 Å². The number of ether oxygens (including phenoxy) is 1. The van der Waals surface area contributed by atoms with Gasteiger partial charge >= 0.3 is 0 Å². The highest BCUT2D eigenvalue weighted by Gasteiger charge is 2.09. The minimum atomic E-state index is -0.712. The summed E-state index contributed by atoms with van der Waals surface area (Å²) in [7, 11) is 1.58. The molecule has 0 aliphatic carbocycles. The number of nitrogens with two attached hydrogens (primary N) is 1. The second-order valence-electron chi connectivity index (χ2n) is 2.49. The van der Waals surface area contributed by atoms with Crippen molar-refractivity contribution in [2.75, 3.05) is 13.7 Å². The van der Waals surface area contributed by atoms with Crippen molar-refractivity contribution in [2.24, 2.45) is 5.73 Å². The van der Waals surface area contributed by atoms with Crippen molar-refractivity contribution in [1.29, 1.82) is 0 Å². The Morgan fingerprint density at radius 1 is 1.67 bits per heavy atom. The zero-order valence-corrected chi connectivity index (χ0v) is 6.99. The minimum absolute atomic E-state index is 0.167. The van der Waals surface area contributed by atoms with Gasteiger partial charge in [0.2, 0.25) is 0 Å². The molecule has 0 aliphatic rings. The lowest BCUT2D eigenvalue weighted by atomic mass is 10.3. The fourth-order valence-electron chi connectivity index (χ4n) is 0.910. The minimum Gasteiger partial charge on any atom is -0.461 e. The molecule has 0 fully saturated rings. The quantitative estimate of drug-likeness (QED) is 0.688. The first kappa shape index (κ1) is 9.25. The van der Waals surface area contributed by atoms with Crippen LogP contribution in [0.1, 0.15) is 17.6 Å². The molecule has 12 heavy (non-hydrogen) atoms. The van der Waals surface area contributed by atoms with E-state index in [1.807, 2.05) is 0 Å². The average molecular weight is 171 g/mol. The molecule has 0 radical (unpaired) electrons. The van der Waals surface area contributed by atoms with Crippen LogP contribution in [0.3, 0.4) is 0 Å². The first-order valence-corrected chi connectivity index (χ1v) is 3.73. The normalized spacial score (nSPS) is 13.2. The number of furan rings is 1. The Morgan fingerprint density at radius 2 is 2.42 bits per heavy atom. The van der Waals surface area contributed by atoms with Crippen molar-refractivity contribution in [3.8, 4) is 0 Å². The second-order valence-corrected chi connectivity index (χ2v) is 2.49. The number of hydrogen-bond acceptors (Lipinski definition) is 4. The summed E-state index contributed by atoms with van der Waals surface area (Å²) in [5, 5.41) is 9.25. The molecule has 0 spiro atoms. The molecule has 1 aromatic rings. The third kappa shape index (κ3) is 2.07. The zero-order valence-electron chi connectivity index (χ0n) is 6.99. The van der Waals surface area contributed by atoms with Crippen LogP contribution in [-0.4, -0.2) is 18.8 Å². The van der Waals surface area contributed by atoms with Gasteiger partial charge in [0.1, 0.15) is 24.2 Å². The summed E-state index contributed by atoms with van der Waals surface area (Å²) >= 11 is 0. The van der Waals surface area contributed by atoms with E-state index in [2.05, 4.69) is 0 Å². The monoisotopic (exact) mass is 171 g/mol. The van der Waals surface area contributed by atoms with Gasteiger partial charge in [-0.05, 0) is 12.1 Å². The van der Waals surface area contributed by atoms with E-state index in [9.17, 15) is 5.11 Å². The highest BCUT2D eigenvalue weighted by atomic mass is 16.5. The summed E-state index contributed by atoms with van der Waals surface area (Å²) in [5.74, 6) is 1.18. The molecule has 1 aromatic heterocycles. The van der Waals surface area contributed by atoms with E-state index in [1.54, 1.807) is 19.2 Å². The molecule has 1 heterocycles. The van der Waals surface area contributed by atoms with E-state index in [0.717, 1.165) is 0 Å². The van der Waals surface area contributed by atoms with E-state index in [-0.39, 0.29) is 6.54 Å². The number of methoxy groups -OCH3 is 1. The van der Waals surface area contributed by atoms with Gasteiger partial charge < -0.3 is 20.0 Å². The summed E-state index contributed by atoms with van der Waals surface area (Å²) < 4.78 is 10.1. The van der Waals surface area contributed by atoms with E-state index in [1.165, 1.54) is 0 Å². The maximum absolute atomic E-state index is 9.25. The Hall–Kier alpha value is -0.840. The van der Waals surface area contributed by atoms with Gasteiger partial charge in [0.15, 0.2) is 0 Å². The van der Waals surface area contributed by atoms with E-state index >= 15 is 0 Å². The zero-order chi connectivity index (χ0) is 8.97. The molecule has 4 heteroatoms. The van der Waals surface area contributed by atoms with Crippen LogP contribution in [0.2, 0.25) is 0 Å². The average Bonchev–Trinajstić information content (AvgIpc) is 2.52. The Kier molecular flexibility index (Phi) is 3.28. The maximum Gasteiger partial charge on any atom is 0.134 e. The van der Waals surface area contributed by atoms with Crippen LogP contribution in [0.25, 0.3) is 0 Å². The summed E-state index contributed by atoms with van der Waals surface area (Å²) in [6.45, 7) is 0.581. The molecule has 0 saturated heterocycles. The standard InChI is InChI=1S/C8H13NO3/c1-11-5-6-2-3-8(12-6)7(10)4-9/h2-3,7,10H,4-5,9H2,1H3/t7-/m1/s1. The Balaban J connectivity index is 2.63. The third-order valence-electron chi connectivity index (χ3n) is 1.52. The summed E-state index contributed by atoms with van der Waals surface area (Å²) in [6, 6.07) is 3.46. The van der Waals surface area contributed by atoms with Crippen LogP contribution < -0.4 is 5.73 Å². The fourth-order valence-corrected chi connectivity index (χ4v) is 0.910. The number of hydrogen-bond donors (Lipinski definition) is 2. The lowest BCUT2D eigenvalue weighted by Crippen LogP contribution is -2.10. The van der Waals surface area contributed by atoms with Crippen molar-refractivity contribution in [1.82, 2.24) is 0 Å². The number of aliphatic hydroxyl groups excluding tert-OH is 1. The highest BCUT2D eigenvalue weighted by Crippen LogP contribution is 2.15. The molecule has 68 valence electrons. The molecule has 0 amide bonds. The smallest absolute Gasteiger partial charge is 0.134 e. The van der Waals surface area contributed by atoms with Gasteiger partial charge in [-0.3, -0.25) is 0 Å². The molecular weight excluding hydrogens is 158 g/mol. The van der Waals surface area contributed by atoms with E-state index in [4.69, 9.17) is 14.9 Å². The first-order valence-electron chi connectivity index (χ1n) is 3.73. The number of rotatable bonds is 4. The lowest BCUT2D eigenvalue weighted by Gasteiger charge is -2.02. The SMILES string of the molecule is COCc1ccc([C@H](O)CN)o1. The van der Waals surface area contributed by atoms with Gasteiger partial charge in [-0.1, -0.05) is 0 Å². The van der Waals surface area contributed by atoms with Crippen molar-refractivity contribution < 1.29 is 14.3 Å². The van der Waals surface area contributed by atoms with Crippen LogP contribution in [0.4, 0.5) is 0 Å². The Labute approximate surface area is 70.9 Å². The summed E-state index contributed by atoms with van der Waals surface area (Å²) in [6.07, 6.45) is -0.712. The molecule has 0 saturated carbocycles. The molecule has 0 aromatic carbocycles. The molecule has 0 unspecified atom stereocenters. The fraction of sp³-hybridized carbons (Fsp3) is 0.500. The summed E-state index contributed by atoms with van der Waals surface area (Å²) in [4.78, 5) is 0.